The quantitative estimate of drug-likeness (QED) is 0.672. The highest BCUT2D eigenvalue weighted by atomic mass is 35.5. The van der Waals surface area contributed by atoms with Crippen molar-refractivity contribution < 1.29 is 9.59 Å². The third-order valence-electron chi connectivity index (χ3n) is 4.40. The van der Waals surface area contributed by atoms with Gasteiger partial charge in [-0.05, 0) is 75.2 Å². The molecule has 0 bridgehead atoms. The predicted octanol–water partition coefficient (Wildman–Crippen LogP) is 4.77. The summed E-state index contributed by atoms with van der Waals surface area (Å²) < 4.78 is 0. The molecule has 144 valence electrons. The molecular formula is C21H26ClN3O2. The second-order valence-electron chi connectivity index (χ2n) is 6.40. The van der Waals surface area contributed by atoms with Crippen LogP contribution in [-0.4, -0.2) is 24.9 Å². The zero-order valence-electron chi connectivity index (χ0n) is 16.2. The molecule has 5 nitrogen and oxygen atoms in total. The summed E-state index contributed by atoms with van der Waals surface area (Å²) in [6.45, 7) is 9.85. The van der Waals surface area contributed by atoms with Crippen LogP contribution < -0.4 is 15.5 Å². The molecule has 0 aliphatic heterocycles. The number of nitrogens with one attached hydrogen (secondary N) is 2. The van der Waals surface area contributed by atoms with E-state index < -0.39 is 0 Å². The zero-order chi connectivity index (χ0) is 20.0. The van der Waals surface area contributed by atoms with Crippen LogP contribution in [0.1, 0.15) is 31.4 Å². The normalized spacial score (nSPS) is 10.4. The molecule has 27 heavy (non-hydrogen) atoms. The van der Waals surface area contributed by atoms with Crippen molar-refractivity contribution >= 4 is 40.5 Å². The van der Waals surface area contributed by atoms with Crippen molar-refractivity contribution in [2.75, 3.05) is 28.6 Å². The van der Waals surface area contributed by atoms with E-state index in [0.29, 0.717) is 16.4 Å². The SMILES string of the molecule is CCN(CC)c1ccc(NC(=O)CC(=O)Nc2ccc(Cl)cc2C)c(C)c1. The maximum absolute atomic E-state index is 12.2. The van der Waals surface area contributed by atoms with E-state index in [-0.39, 0.29) is 18.2 Å². The molecule has 6 heteroatoms. The van der Waals surface area contributed by atoms with Gasteiger partial charge in [0.05, 0.1) is 0 Å². The number of carbonyl (C=O) groups is 2. The average molecular weight is 388 g/mol. The summed E-state index contributed by atoms with van der Waals surface area (Å²) in [7, 11) is 0. The molecule has 0 saturated carbocycles. The molecule has 0 aliphatic carbocycles. The molecule has 2 aromatic rings. The maximum Gasteiger partial charge on any atom is 0.233 e. The van der Waals surface area contributed by atoms with Crippen LogP contribution >= 0.6 is 11.6 Å². The summed E-state index contributed by atoms with van der Waals surface area (Å²) in [5.74, 6) is -0.715. The molecule has 2 N–H and O–H groups in total. The number of aryl methyl sites for hydroxylation is 2. The Morgan fingerprint density at radius 3 is 1.89 bits per heavy atom. The number of amides is 2. The standard InChI is InChI=1S/C21H26ClN3O2/c1-5-25(6-2)17-8-10-19(15(4)12-17)24-21(27)13-20(26)23-18-9-7-16(22)11-14(18)3/h7-12H,5-6,13H2,1-4H3,(H,23,26)(H,24,27). The van der Waals surface area contributed by atoms with Crippen molar-refractivity contribution in [3.63, 3.8) is 0 Å². The minimum absolute atomic E-state index is 0.251. The fraction of sp³-hybridized carbons (Fsp3) is 0.333. The fourth-order valence-corrected chi connectivity index (χ4v) is 3.10. The maximum atomic E-state index is 12.2. The predicted molar refractivity (Wildman–Crippen MR) is 113 cm³/mol. The van der Waals surface area contributed by atoms with Crippen molar-refractivity contribution in [3.05, 3.63) is 52.5 Å². The lowest BCUT2D eigenvalue weighted by Gasteiger charge is -2.22. The smallest absolute Gasteiger partial charge is 0.233 e. The van der Waals surface area contributed by atoms with Gasteiger partial charge in [-0.1, -0.05) is 11.6 Å². The first-order valence-corrected chi connectivity index (χ1v) is 9.43. The van der Waals surface area contributed by atoms with Gasteiger partial charge < -0.3 is 15.5 Å². The van der Waals surface area contributed by atoms with E-state index in [0.717, 1.165) is 29.9 Å². The summed E-state index contributed by atoms with van der Waals surface area (Å²) in [5.41, 5.74) is 4.29. The van der Waals surface area contributed by atoms with E-state index in [9.17, 15) is 9.59 Å². The van der Waals surface area contributed by atoms with E-state index in [4.69, 9.17) is 11.6 Å². The van der Waals surface area contributed by atoms with E-state index in [1.807, 2.05) is 32.0 Å². The molecule has 0 spiro atoms. The number of halogens is 1. The van der Waals surface area contributed by atoms with Crippen molar-refractivity contribution in [2.45, 2.75) is 34.1 Å². The summed E-state index contributed by atoms with van der Waals surface area (Å²) in [6.07, 6.45) is -0.251. The average Bonchev–Trinajstić information content (AvgIpc) is 2.60. The van der Waals surface area contributed by atoms with Gasteiger partial charge in [-0.15, -0.1) is 0 Å². The van der Waals surface area contributed by atoms with Gasteiger partial charge >= 0.3 is 0 Å². The second kappa shape index (κ2) is 9.42. The van der Waals surface area contributed by atoms with Crippen LogP contribution in [-0.2, 0) is 9.59 Å². The highest BCUT2D eigenvalue weighted by molar-refractivity contribution is 6.30. The number of anilines is 3. The highest BCUT2D eigenvalue weighted by Gasteiger charge is 2.13. The van der Waals surface area contributed by atoms with Crippen molar-refractivity contribution in [3.8, 4) is 0 Å². The molecule has 2 aromatic carbocycles. The lowest BCUT2D eigenvalue weighted by Crippen LogP contribution is -2.23. The van der Waals surface area contributed by atoms with E-state index in [2.05, 4.69) is 29.4 Å². The third kappa shape index (κ3) is 5.73. The van der Waals surface area contributed by atoms with E-state index >= 15 is 0 Å². The Labute approximate surface area is 165 Å². The van der Waals surface area contributed by atoms with Gasteiger partial charge in [-0.25, -0.2) is 0 Å². The summed E-state index contributed by atoms with van der Waals surface area (Å²) in [6, 6.07) is 11.1. The van der Waals surface area contributed by atoms with Crippen LogP contribution in [0, 0.1) is 13.8 Å². The summed E-state index contributed by atoms with van der Waals surface area (Å²) in [4.78, 5) is 26.6. The van der Waals surface area contributed by atoms with Gasteiger partial charge in [-0.3, -0.25) is 9.59 Å². The molecule has 0 radical (unpaired) electrons. The second-order valence-corrected chi connectivity index (χ2v) is 6.84. The first-order chi connectivity index (χ1) is 12.8. The third-order valence-corrected chi connectivity index (χ3v) is 4.63. The number of rotatable bonds is 7. The molecule has 2 rings (SSSR count). The lowest BCUT2D eigenvalue weighted by molar-refractivity contribution is -0.123. The van der Waals surface area contributed by atoms with Gasteiger partial charge in [0.15, 0.2) is 0 Å². The van der Waals surface area contributed by atoms with Crippen LogP contribution in [0.5, 0.6) is 0 Å². The molecular weight excluding hydrogens is 362 g/mol. The van der Waals surface area contributed by atoms with Crippen LogP contribution in [0.25, 0.3) is 0 Å². The molecule has 0 heterocycles. The van der Waals surface area contributed by atoms with Crippen molar-refractivity contribution in [1.82, 2.24) is 0 Å². The van der Waals surface area contributed by atoms with Crippen LogP contribution in [0.4, 0.5) is 17.1 Å². The summed E-state index contributed by atoms with van der Waals surface area (Å²) >= 11 is 5.91. The molecule has 0 fully saturated rings. The van der Waals surface area contributed by atoms with Gasteiger partial charge in [-0.2, -0.15) is 0 Å². The Morgan fingerprint density at radius 1 is 0.889 bits per heavy atom. The Bertz CT molecular complexity index is 832. The number of hydrogen-bond acceptors (Lipinski definition) is 3. The van der Waals surface area contributed by atoms with E-state index in [1.54, 1.807) is 18.2 Å². The first-order valence-electron chi connectivity index (χ1n) is 9.05. The van der Waals surface area contributed by atoms with Crippen molar-refractivity contribution in [1.29, 1.82) is 0 Å². The number of hydrogen-bond donors (Lipinski definition) is 2. The molecule has 0 atom stereocenters. The van der Waals surface area contributed by atoms with Gasteiger partial charge in [0.25, 0.3) is 0 Å². The molecule has 0 unspecified atom stereocenters. The largest absolute Gasteiger partial charge is 0.372 e. The van der Waals surface area contributed by atoms with Crippen LogP contribution in [0.3, 0.4) is 0 Å². The highest BCUT2D eigenvalue weighted by Crippen LogP contribution is 2.23. The van der Waals surface area contributed by atoms with Crippen LogP contribution in [0.2, 0.25) is 5.02 Å². The Balaban J connectivity index is 1.97. The zero-order valence-corrected chi connectivity index (χ0v) is 17.0. The van der Waals surface area contributed by atoms with Crippen LogP contribution in [0.15, 0.2) is 36.4 Å². The molecule has 0 saturated heterocycles. The van der Waals surface area contributed by atoms with Gasteiger partial charge in [0.2, 0.25) is 11.8 Å². The van der Waals surface area contributed by atoms with Gasteiger partial charge in [0, 0.05) is 35.2 Å². The topological polar surface area (TPSA) is 61.4 Å². The molecule has 0 aliphatic rings. The Kier molecular flexibility index (Phi) is 7.25. The lowest BCUT2D eigenvalue weighted by atomic mass is 10.1. The van der Waals surface area contributed by atoms with E-state index in [1.165, 1.54) is 0 Å². The van der Waals surface area contributed by atoms with Gasteiger partial charge in [0.1, 0.15) is 6.42 Å². The van der Waals surface area contributed by atoms with Crippen molar-refractivity contribution in [2.24, 2.45) is 0 Å². The fourth-order valence-electron chi connectivity index (χ4n) is 2.88. The number of carbonyl (C=O) groups excluding carboxylic acids is 2. The minimum atomic E-state index is -0.365. The monoisotopic (exact) mass is 387 g/mol. The Hall–Kier alpha value is -2.53. The number of benzene rings is 2. The summed E-state index contributed by atoms with van der Waals surface area (Å²) in [5, 5.41) is 6.16. The number of nitrogens with zero attached hydrogens (tertiary/aromatic N) is 1. The minimum Gasteiger partial charge on any atom is -0.372 e. The Morgan fingerprint density at radius 2 is 1.41 bits per heavy atom. The molecule has 0 aromatic heterocycles. The first kappa shape index (κ1) is 20.8. The molecule has 2 amide bonds.